The number of aryl methyl sites for hydroxylation is 2. The molecule has 124 valence electrons. The molecule has 0 aliphatic heterocycles. The molecule has 4 rings (SSSR count). The topological polar surface area (TPSA) is 0 Å². The standard InChI is InChI=1S/C13H13.C10H15.Hf/c1-9-5-6-12-7-10-3-2-4-11(10)8-13(9)12;1-6-7(2)9(4)10(5)8(6)3;/h5-8H,2-4H2,1H3;1-5H3;. The Morgan fingerprint density at radius 2 is 1.46 bits per heavy atom. The molecule has 0 bridgehead atoms. The van der Waals surface area contributed by atoms with Crippen LogP contribution in [0.1, 0.15) is 70.2 Å². The van der Waals surface area contributed by atoms with Crippen molar-refractivity contribution in [1.29, 1.82) is 0 Å². The van der Waals surface area contributed by atoms with Gasteiger partial charge in [-0.15, -0.1) is 0 Å². The van der Waals surface area contributed by atoms with E-state index >= 15 is 0 Å². The predicted molar refractivity (Wildman–Crippen MR) is 100.0 cm³/mol. The van der Waals surface area contributed by atoms with Crippen LogP contribution in [0.4, 0.5) is 0 Å². The third-order valence-corrected chi connectivity index (χ3v) is 15.0. The molecule has 3 aliphatic carbocycles. The molecule has 0 fully saturated rings. The van der Waals surface area contributed by atoms with E-state index in [1.54, 1.807) is 39.0 Å². The van der Waals surface area contributed by atoms with Crippen molar-refractivity contribution >= 4 is 6.08 Å². The van der Waals surface area contributed by atoms with Crippen LogP contribution in [0, 0.1) is 0 Å². The predicted octanol–water partition coefficient (Wildman–Crippen LogP) is 6.36. The summed E-state index contributed by atoms with van der Waals surface area (Å²) in [6.45, 7) is 14.5. The Morgan fingerprint density at radius 3 is 2.08 bits per heavy atom. The number of allylic oxidation sites excluding steroid dienone is 5. The van der Waals surface area contributed by atoms with Gasteiger partial charge in [0.25, 0.3) is 0 Å². The molecule has 1 atom stereocenters. The molecule has 0 N–H and O–H groups in total. The number of rotatable bonds is 2. The molecule has 0 saturated carbocycles. The summed E-state index contributed by atoms with van der Waals surface area (Å²) in [4.78, 5) is 0. The van der Waals surface area contributed by atoms with Gasteiger partial charge in [-0.3, -0.25) is 0 Å². The second-order valence-electron chi connectivity index (χ2n) is 8.35. The van der Waals surface area contributed by atoms with Crippen LogP contribution in [0.3, 0.4) is 0 Å². The Labute approximate surface area is 158 Å². The summed E-state index contributed by atoms with van der Waals surface area (Å²) in [5.74, 6) is 0. The zero-order valence-electron chi connectivity index (χ0n) is 15.9. The summed E-state index contributed by atoms with van der Waals surface area (Å²) in [5, 5.41) is 0. The zero-order valence-corrected chi connectivity index (χ0v) is 19.5. The molecule has 1 unspecified atom stereocenters. The van der Waals surface area contributed by atoms with Gasteiger partial charge in [-0.25, -0.2) is 0 Å². The van der Waals surface area contributed by atoms with Gasteiger partial charge in [-0.05, 0) is 0 Å². The minimum absolute atomic E-state index is 0.342. The van der Waals surface area contributed by atoms with Crippen molar-refractivity contribution in [3.8, 4) is 0 Å². The fourth-order valence-corrected chi connectivity index (χ4v) is 13.3. The minimum atomic E-state index is -1.05. The summed E-state index contributed by atoms with van der Waals surface area (Å²) in [7, 11) is 0. The normalized spacial score (nSPS) is 27.1. The van der Waals surface area contributed by atoms with Crippen molar-refractivity contribution in [3.63, 3.8) is 0 Å². The Hall–Kier alpha value is -0.690. The quantitative estimate of drug-likeness (QED) is 0.430. The van der Waals surface area contributed by atoms with E-state index in [0.29, 0.717) is 6.34 Å². The van der Waals surface area contributed by atoms with Gasteiger partial charge in [0.1, 0.15) is 0 Å². The Bertz CT molecular complexity index is 810. The molecule has 0 radical (unpaired) electrons. The first kappa shape index (κ1) is 16.8. The Morgan fingerprint density at radius 1 is 0.875 bits per heavy atom. The third kappa shape index (κ3) is 2.19. The van der Waals surface area contributed by atoms with E-state index in [9.17, 15) is 0 Å². The van der Waals surface area contributed by atoms with Crippen molar-refractivity contribution in [2.24, 2.45) is 0 Å². The van der Waals surface area contributed by atoms with Gasteiger partial charge in [-0.1, -0.05) is 0 Å². The molecule has 1 aromatic rings. The van der Waals surface area contributed by atoms with Gasteiger partial charge < -0.3 is 0 Å². The fourth-order valence-electron chi connectivity index (χ4n) is 4.99. The maximum absolute atomic E-state index is 2.58. The first-order chi connectivity index (χ1) is 11.3. The van der Waals surface area contributed by atoms with Crippen LogP contribution in [0.25, 0.3) is 6.08 Å². The van der Waals surface area contributed by atoms with E-state index < -0.39 is 22.9 Å². The van der Waals surface area contributed by atoms with Gasteiger partial charge in [-0.2, -0.15) is 0 Å². The van der Waals surface area contributed by atoms with Gasteiger partial charge >= 0.3 is 159 Å². The van der Waals surface area contributed by atoms with Crippen molar-refractivity contribution in [2.75, 3.05) is 0 Å². The van der Waals surface area contributed by atoms with E-state index in [0.717, 1.165) is 0 Å². The summed E-state index contributed by atoms with van der Waals surface area (Å²) < 4.78 is 0.725. The molecule has 0 saturated heterocycles. The van der Waals surface area contributed by atoms with E-state index in [2.05, 4.69) is 65.8 Å². The average molecular weight is 483 g/mol. The molecule has 0 nitrogen and oxygen atoms in total. The summed E-state index contributed by atoms with van der Waals surface area (Å²) in [5.41, 5.74) is 12.8. The first-order valence-electron chi connectivity index (χ1n) is 9.27. The fraction of sp³-hybridized carbons (Fsp3) is 0.478. The van der Waals surface area contributed by atoms with E-state index in [1.807, 2.05) is 0 Å². The second kappa shape index (κ2) is 5.40. The zero-order chi connectivity index (χ0) is 17.3. The molecule has 1 heteroatoms. The molecular weight excluding hydrogens is 455 g/mol. The van der Waals surface area contributed by atoms with Crippen LogP contribution in [-0.4, -0.2) is 0 Å². The molecule has 0 aromatic heterocycles. The van der Waals surface area contributed by atoms with Gasteiger partial charge in [0.2, 0.25) is 0 Å². The maximum atomic E-state index is 2.58. The monoisotopic (exact) mass is 484 g/mol. The van der Waals surface area contributed by atoms with E-state index in [1.165, 1.54) is 24.8 Å². The molecule has 0 spiro atoms. The van der Waals surface area contributed by atoms with Crippen molar-refractivity contribution < 1.29 is 22.9 Å². The molecule has 24 heavy (non-hydrogen) atoms. The average Bonchev–Trinajstić information content (AvgIpc) is 3.17. The summed E-state index contributed by atoms with van der Waals surface area (Å²) in [6, 6.07) is 5.09. The molecule has 1 aromatic carbocycles. The first-order valence-corrected chi connectivity index (χ1v) is 12.9. The van der Waals surface area contributed by atoms with Crippen LogP contribution in [0.15, 0.2) is 40.5 Å². The third-order valence-electron chi connectivity index (χ3n) is 7.12. The number of hydrogen-bond acceptors (Lipinski definition) is 0. The van der Waals surface area contributed by atoms with Crippen LogP contribution in [0.2, 0.25) is 3.17 Å². The van der Waals surface area contributed by atoms with Crippen LogP contribution in [-0.2, 0) is 38.9 Å². The summed E-state index contributed by atoms with van der Waals surface area (Å²) >= 11 is -1.05. The Balaban J connectivity index is 1.77. The van der Waals surface area contributed by atoms with Crippen LogP contribution < -0.4 is 0 Å². The van der Waals surface area contributed by atoms with Crippen molar-refractivity contribution in [2.45, 2.75) is 67.1 Å². The van der Waals surface area contributed by atoms with E-state index in [4.69, 9.17) is 0 Å². The number of benzene rings is 1. The Kier molecular flexibility index (Phi) is 3.77. The SMILES string of the molecule is CC1=C(C)[C](C)([Hf][C]2(C)C=Cc3cc4c(cc32)CCC4)C(C)=C1C. The molecule has 0 amide bonds. The molecular formula is C23H28Hf. The van der Waals surface area contributed by atoms with Crippen molar-refractivity contribution in [3.05, 3.63) is 62.8 Å². The van der Waals surface area contributed by atoms with E-state index in [-0.39, 0.29) is 0 Å². The van der Waals surface area contributed by atoms with Crippen LogP contribution >= 0.6 is 0 Å². The number of fused-ring (bicyclic) bond motifs is 2. The molecule has 3 aliphatic rings. The van der Waals surface area contributed by atoms with Crippen LogP contribution in [0.5, 0.6) is 0 Å². The summed E-state index contributed by atoms with van der Waals surface area (Å²) in [6.07, 6.45) is 8.91. The van der Waals surface area contributed by atoms with Gasteiger partial charge in [0.05, 0.1) is 0 Å². The number of hydrogen-bond donors (Lipinski definition) is 0. The molecule has 0 heterocycles. The second-order valence-corrected chi connectivity index (χ2v) is 16.6. The van der Waals surface area contributed by atoms with Crippen molar-refractivity contribution in [1.82, 2.24) is 0 Å². The van der Waals surface area contributed by atoms with Gasteiger partial charge in [0, 0.05) is 0 Å². The van der Waals surface area contributed by atoms with Gasteiger partial charge in [0.15, 0.2) is 0 Å².